The van der Waals surface area contributed by atoms with Gasteiger partial charge in [-0.05, 0) is 67.7 Å². The molecule has 2 heterocycles. The molecule has 6 nitrogen and oxygen atoms in total. The number of ether oxygens (including phenoxy) is 1. The van der Waals surface area contributed by atoms with Gasteiger partial charge in [-0.1, -0.05) is 54.6 Å². The predicted molar refractivity (Wildman–Crippen MR) is 143 cm³/mol. The Morgan fingerprint density at radius 2 is 1.64 bits per heavy atom. The van der Waals surface area contributed by atoms with Crippen molar-refractivity contribution < 1.29 is 9.53 Å². The molecule has 1 fully saturated rings. The third-order valence-electron chi connectivity index (χ3n) is 7.11. The van der Waals surface area contributed by atoms with Gasteiger partial charge in [0.25, 0.3) is 0 Å². The standard InChI is InChI=1S/C30H34N4O2/c1-36-26-13-11-24(12-14-26)21-34-28-10-6-5-9-27(28)32-29(34)22-33-19-16-25(17-20-33)30(35)31-18-15-23-7-3-2-4-8-23/h2-14,25H,15-22H2,1H3,(H,31,35). The minimum absolute atomic E-state index is 0.0927. The van der Waals surface area contributed by atoms with E-state index in [1.807, 2.05) is 36.4 Å². The van der Waals surface area contributed by atoms with E-state index in [0.29, 0.717) is 6.54 Å². The first-order chi connectivity index (χ1) is 17.7. The summed E-state index contributed by atoms with van der Waals surface area (Å²) in [6.07, 6.45) is 2.64. The number of methoxy groups -OCH3 is 1. The van der Waals surface area contributed by atoms with Gasteiger partial charge in [-0.3, -0.25) is 9.69 Å². The first-order valence-corrected chi connectivity index (χ1v) is 12.8. The van der Waals surface area contributed by atoms with Crippen molar-refractivity contribution in [3.05, 3.63) is 95.8 Å². The Balaban J connectivity index is 1.19. The number of fused-ring (bicyclic) bond motifs is 1. The van der Waals surface area contributed by atoms with Crippen LogP contribution in [-0.2, 0) is 24.3 Å². The van der Waals surface area contributed by atoms with Crippen LogP contribution in [0.2, 0.25) is 0 Å². The van der Waals surface area contributed by atoms with Gasteiger partial charge in [0.1, 0.15) is 11.6 Å². The number of rotatable bonds is 9. The zero-order valence-corrected chi connectivity index (χ0v) is 20.9. The maximum absolute atomic E-state index is 12.7. The summed E-state index contributed by atoms with van der Waals surface area (Å²) < 4.78 is 7.63. The lowest BCUT2D eigenvalue weighted by molar-refractivity contribution is -0.126. The highest BCUT2D eigenvalue weighted by atomic mass is 16.5. The highest BCUT2D eigenvalue weighted by molar-refractivity contribution is 5.78. The number of likely N-dealkylation sites (tertiary alicyclic amines) is 1. The second-order valence-corrected chi connectivity index (χ2v) is 9.53. The number of hydrogen-bond donors (Lipinski definition) is 1. The fourth-order valence-corrected chi connectivity index (χ4v) is 5.01. The van der Waals surface area contributed by atoms with E-state index in [9.17, 15) is 4.79 Å². The van der Waals surface area contributed by atoms with Crippen LogP contribution in [-0.4, -0.2) is 47.1 Å². The molecule has 1 amide bonds. The molecule has 186 valence electrons. The largest absolute Gasteiger partial charge is 0.497 e. The van der Waals surface area contributed by atoms with Crippen molar-refractivity contribution >= 4 is 16.9 Å². The number of piperidine rings is 1. The van der Waals surface area contributed by atoms with Crippen LogP contribution in [0.25, 0.3) is 11.0 Å². The average molecular weight is 483 g/mol. The molecule has 1 aromatic heterocycles. The van der Waals surface area contributed by atoms with E-state index >= 15 is 0 Å². The molecule has 6 heteroatoms. The second kappa shape index (κ2) is 11.4. The van der Waals surface area contributed by atoms with Gasteiger partial charge in [-0.25, -0.2) is 4.98 Å². The normalized spacial score (nSPS) is 14.7. The smallest absolute Gasteiger partial charge is 0.223 e. The van der Waals surface area contributed by atoms with E-state index < -0.39 is 0 Å². The summed E-state index contributed by atoms with van der Waals surface area (Å²) in [6.45, 7) is 4.05. The minimum atomic E-state index is 0.0927. The first-order valence-electron chi connectivity index (χ1n) is 12.8. The molecular weight excluding hydrogens is 448 g/mol. The van der Waals surface area contributed by atoms with Crippen LogP contribution in [0, 0.1) is 5.92 Å². The van der Waals surface area contributed by atoms with Gasteiger partial charge in [-0.15, -0.1) is 0 Å². The van der Waals surface area contributed by atoms with E-state index in [4.69, 9.17) is 9.72 Å². The molecule has 1 aliphatic heterocycles. The van der Waals surface area contributed by atoms with Crippen molar-refractivity contribution in [3.63, 3.8) is 0 Å². The molecule has 1 N–H and O–H groups in total. The number of para-hydroxylation sites is 2. The zero-order chi connectivity index (χ0) is 24.7. The lowest BCUT2D eigenvalue weighted by Crippen LogP contribution is -2.41. The number of hydrogen-bond acceptors (Lipinski definition) is 4. The fraction of sp³-hybridized carbons (Fsp3) is 0.333. The Labute approximate surface area is 212 Å². The number of nitrogens with zero attached hydrogens (tertiary/aromatic N) is 3. The van der Waals surface area contributed by atoms with Crippen LogP contribution in [0.5, 0.6) is 5.75 Å². The number of carbonyl (C=O) groups is 1. The van der Waals surface area contributed by atoms with Crippen LogP contribution in [0.15, 0.2) is 78.9 Å². The number of amides is 1. The summed E-state index contributed by atoms with van der Waals surface area (Å²) in [5, 5.41) is 3.14. The SMILES string of the molecule is COc1ccc(Cn2c(CN3CCC(C(=O)NCCc4ccccc4)CC3)nc3ccccc32)cc1. The summed E-state index contributed by atoms with van der Waals surface area (Å²) in [6, 6.07) is 26.9. The number of imidazole rings is 1. The summed E-state index contributed by atoms with van der Waals surface area (Å²) in [4.78, 5) is 20.1. The molecule has 0 bridgehead atoms. The molecule has 0 saturated carbocycles. The molecule has 3 aromatic carbocycles. The lowest BCUT2D eigenvalue weighted by atomic mass is 9.96. The third kappa shape index (κ3) is 5.77. The quantitative estimate of drug-likeness (QED) is 0.377. The highest BCUT2D eigenvalue weighted by Gasteiger charge is 2.26. The van der Waals surface area contributed by atoms with Crippen molar-refractivity contribution in [2.24, 2.45) is 5.92 Å². The van der Waals surface area contributed by atoms with E-state index in [-0.39, 0.29) is 11.8 Å². The topological polar surface area (TPSA) is 59.4 Å². The second-order valence-electron chi connectivity index (χ2n) is 9.53. The molecule has 0 atom stereocenters. The molecule has 36 heavy (non-hydrogen) atoms. The van der Waals surface area contributed by atoms with Gasteiger partial charge >= 0.3 is 0 Å². The van der Waals surface area contributed by atoms with E-state index in [1.54, 1.807) is 7.11 Å². The fourth-order valence-electron chi connectivity index (χ4n) is 5.01. The number of aromatic nitrogens is 2. The molecular formula is C30H34N4O2. The van der Waals surface area contributed by atoms with Gasteiger partial charge in [0.15, 0.2) is 0 Å². The van der Waals surface area contributed by atoms with Crippen molar-refractivity contribution in [2.75, 3.05) is 26.7 Å². The van der Waals surface area contributed by atoms with Crippen LogP contribution in [0.1, 0.15) is 29.8 Å². The maximum atomic E-state index is 12.7. The van der Waals surface area contributed by atoms with Crippen molar-refractivity contribution in [3.8, 4) is 5.75 Å². The van der Waals surface area contributed by atoms with Crippen molar-refractivity contribution in [1.29, 1.82) is 0 Å². The van der Waals surface area contributed by atoms with E-state index in [2.05, 4.69) is 57.2 Å². The predicted octanol–water partition coefficient (Wildman–Crippen LogP) is 4.66. The Morgan fingerprint density at radius 3 is 2.39 bits per heavy atom. The number of benzene rings is 3. The molecule has 5 rings (SSSR count). The Kier molecular flexibility index (Phi) is 7.62. The van der Waals surface area contributed by atoms with Gasteiger partial charge in [0, 0.05) is 19.0 Å². The first kappa shape index (κ1) is 24.1. The van der Waals surface area contributed by atoms with Crippen molar-refractivity contribution in [1.82, 2.24) is 19.8 Å². The zero-order valence-electron chi connectivity index (χ0n) is 20.9. The summed E-state index contributed by atoms with van der Waals surface area (Å²) in [5.74, 6) is 2.21. The van der Waals surface area contributed by atoms with Gasteiger partial charge in [0.2, 0.25) is 5.91 Å². The molecule has 1 saturated heterocycles. The molecule has 0 radical (unpaired) electrons. The Hall–Kier alpha value is -3.64. The van der Waals surface area contributed by atoms with Crippen LogP contribution in [0.3, 0.4) is 0 Å². The Bertz CT molecular complexity index is 1280. The summed E-state index contributed by atoms with van der Waals surface area (Å²) in [5.41, 5.74) is 4.64. The molecule has 0 aliphatic carbocycles. The summed E-state index contributed by atoms with van der Waals surface area (Å²) >= 11 is 0. The number of carbonyl (C=O) groups excluding carboxylic acids is 1. The van der Waals surface area contributed by atoms with Crippen LogP contribution < -0.4 is 10.1 Å². The van der Waals surface area contributed by atoms with Crippen LogP contribution >= 0.6 is 0 Å². The van der Waals surface area contributed by atoms with E-state index in [0.717, 1.165) is 68.0 Å². The maximum Gasteiger partial charge on any atom is 0.223 e. The third-order valence-corrected chi connectivity index (χ3v) is 7.11. The highest BCUT2D eigenvalue weighted by Crippen LogP contribution is 2.23. The van der Waals surface area contributed by atoms with Gasteiger partial charge in [0.05, 0.1) is 24.7 Å². The molecule has 0 unspecified atom stereocenters. The average Bonchev–Trinajstić information content (AvgIpc) is 3.26. The van der Waals surface area contributed by atoms with Gasteiger partial charge in [-0.2, -0.15) is 0 Å². The van der Waals surface area contributed by atoms with Crippen LogP contribution in [0.4, 0.5) is 0 Å². The van der Waals surface area contributed by atoms with E-state index in [1.165, 1.54) is 11.1 Å². The van der Waals surface area contributed by atoms with Crippen molar-refractivity contribution in [2.45, 2.75) is 32.4 Å². The number of nitrogens with one attached hydrogen (secondary N) is 1. The molecule has 0 spiro atoms. The summed E-state index contributed by atoms with van der Waals surface area (Å²) in [7, 11) is 1.69. The Morgan fingerprint density at radius 1 is 0.917 bits per heavy atom. The molecule has 4 aromatic rings. The van der Waals surface area contributed by atoms with Gasteiger partial charge < -0.3 is 14.6 Å². The lowest BCUT2D eigenvalue weighted by Gasteiger charge is -2.31. The molecule has 1 aliphatic rings. The monoisotopic (exact) mass is 482 g/mol. The minimum Gasteiger partial charge on any atom is -0.497 e.